The monoisotopic (exact) mass is 444 g/mol. The first kappa shape index (κ1) is 24.8. The summed E-state index contributed by atoms with van der Waals surface area (Å²) in [7, 11) is 0. The smallest absolute Gasteiger partial charge is 0.158 e. The Morgan fingerprint density at radius 3 is 2.62 bits per heavy atom. The molecule has 1 aromatic rings. The van der Waals surface area contributed by atoms with E-state index < -0.39 is 6.10 Å². The van der Waals surface area contributed by atoms with Crippen LogP contribution in [0, 0.1) is 0 Å². The normalized spacial score (nSPS) is 24.8. The van der Waals surface area contributed by atoms with Crippen LogP contribution in [0.5, 0.6) is 0 Å². The predicted molar refractivity (Wildman–Crippen MR) is 122 cm³/mol. The van der Waals surface area contributed by atoms with Gasteiger partial charge >= 0.3 is 0 Å². The van der Waals surface area contributed by atoms with E-state index in [1.165, 1.54) is 0 Å². The van der Waals surface area contributed by atoms with Crippen LogP contribution >= 0.6 is 0 Å². The highest BCUT2D eigenvalue weighted by Crippen LogP contribution is 2.28. The minimum atomic E-state index is -0.860. The van der Waals surface area contributed by atoms with E-state index in [0.717, 1.165) is 18.4 Å². The molecule has 2 aliphatic heterocycles. The number of benzene rings is 1. The number of Topliss-reactive ketones (excluding diaryl/α,β-unsaturated/α-hetero) is 1. The molecule has 176 valence electrons. The summed E-state index contributed by atoms with van der Waals surface area (Å²) in [5.41, 5.74) is 1.76. The van der Waals surface area contributed by atoms with Crippen molar-refractivity contribution in [2.24, 2.45) is 0 Å². The van der Waals surface area contributed by atoms with Crippen molar-refractivity contribution in [3.8, 4) is 0 Å². The zero-order valence-corrected chi connectivity index (χ0v) is 18.8. The molecule has 3 rings (SSSR count). The third kappa shape index (κ3) is 8.26. The summed E-state index contributed by atoms with van der Waals surface area (Å²) >= 11 is 0. The van der Waals surface area contributed by atoms with Gasteiger partial charge in [-0.2, -0.15) is 0 Å². The second kappa shape index (κ2) is 13.0. The minimum Gasteiger partial charge on any atom is -0.388 e. The van der Waals surface area contributed by atoms with Crippen LogP contribution in [0.2, 0.25) is 0 Å². The van der Waals surface area contributed by atoms with E-state index in [0.29, 0.717) is 44.7 Å². The predicted octanol–water partition coefficient (Wildman–Crippen LogP) is 4.12. The first-order valence-corrected chi connectivity index (χ1v) is 11.6. The van der Waals surface area contributed by atoms with Gasteiger partial charge in [0.25, 0.3) is 0 Å². The number of hydrogen-bond acceptors (Lipinski definition) is 6. The SMILES string of the molecule is C=CC[C@H]1C[C@@H](OCc2ccccc2)C[C@@H](CC(=O)C[C@@H](O)C(=C)CCC2OCCO2)O1. The van der Waals surface area contributed by atoms with Crippen molar-refractivity contribution >= 4 is 5.78 Å². The van der Waals surface area contributed by atoms with E-state index in [4.69, 9.17) is 18.9 Å². The standard InChI is InChI=1S/C26H36O6/c1-3-7-22-16-23(31-18-20-8-5-4-6-9-20)17-24(32-22)14-21(27)15-25(28)19(2)10-11-26-29-12-13-30-26/h3-6,8-9,22-26,28H,1-2,7,10-18H2/t22-,23+,24+,25+/m0/s1. The summed E-state index contributed by atoms with van der Waals surface area (Å²) in [5.74, 6) is -0.0296. The Bertz CT molecular complexity index is 727. The first-order valence-electron chi connectivity index (χ1n) is 11.6. The van der Waals surface area contributed by atoms with Crippen molar-refractivity contribution in [3.05, 3.63) is 60.7 Å². The van der Waals surface area contributed by atoms with Crippen molar-refractivity contribution < 1.29 is 28.8 Å². The molecule has 32 heavy (non-hydrogen) atoms. The number of rotatable bonds is 13. The maximum Gasteiger partial charge on any atom is 0.158 e. The van der Waals surface area contributed by atoms with Gasteiger partial charge in [-0.25, -0.2) is 0 Å². The lowest BCUT2D eigenvalue weighted by atomic mass is 9.93. The van der Waals surface area contributed by atoms with E-state index in [-0.39, 0.29) is 43.2 Å². The molecule has 2 fully saturated rings. The average molecular weight is 445 g/mol. The highest BCUT2D eigenvalue weighted by Gasteiger charge is 2.31. The van der Waals surface area contributed by atoms with Gasteiger partial charge in [0.15, 0.2) is 6.29 Å². The van der Waals surface area contributed by atoms with Gasteiger partial charge in [0.05, 0.1) is 44.2 Å². The second-order valence-corrected chi connectivity index (χ2v) is 8.63. The van der Waals surface area contributed by atoms with Gasteiger partial charge in [-0.15, -0.1) is 6.58 Å². The Morgan fingerprint density at radius 1 is 1.19 bits per heavy atom. The van der Waals surface area contributed by atoms with Crippen LogP contribution in [-0.4, -0.2) is 54.8 Å². The molecule has 0 aromatic heterocycles. The summed E-state index contributed by atoms with van der Waals surface area (Å²) < 4.78 is 23.1. The summed E-state index contributed by atoms with van der Waals surface area (Å²) in [4.78, 5) is 12.6. The summed E-state index contributed by atoms with van der Waals surface area (Å²) in [6, 6.07) is 10.1. The fraction of sp³-hybridized carbons (Fsp3) is 0.577. The van der Waals surface area contributed by atoms with Gasteiger partial charge < -0.3 is 24.1 Å². The molecule has 0 aliphatic carbocycles. The van der Waals surface area contributed by atoms with Crippen molar-refractivity contribution in [3.63, 3.8) is 0 Å². The molecule has 0 saturated carbocycles. The molecule has 0 amide bonds. The average Bonchev–Trinajstić information content (AvgIpc) is 3.30. The van der Waals surface area contributed by atoms with Crippen LogP contribution in [0.1, 0.15) is 50.5 Å². The van der Waals surface area contributed by atoms with Gasteiger partial charge in [-0.3, -0.25) is 4.79 Å². The molecule has 2 saturated heterocycles. The Balaban J connectivity index is 1.44. The lowest BCUT2D eigenvalue weighted by molar-refractivity contribution is -0.137. The highest BCUT2D eigenvalue weighted by molar-refractivity contribution is 5.79. The molecule has 0 radical (unpaired) electrons. The Labute approximate surface area is 191 Å². The summed E-state index contributed by atoms with van der Waals surface area (Å²) in [6.45, 7) is 9.50. The van der Waals surface area contributed by atoms with Crippen LogP contribution in [-0.2, 0) is 30.3 Å². The Kier molecular flexibility index (Phi) is 10.1. The third-order valence-corrected chi connectivity index (χ3v) is 5.93. The topological polar surface area (TPSA) is 74.2 Å². The molecular weight excluding hydrogens is 408 g/mol. The molecule has 2 aliphatic rings. The number of carbonyl (C=O) groups is 1. The minimum absolute atomic E-state index is 0.00822. The van der Waals surface area contributed by atoms with Gasteiger partial charge in [-0.1, -0.05) is 43.0 Å². The van der Waals surface area contributed by atoms with Gasteiger partial charge in [0.1, 0.15) is 5.78 Å². The zero-order chi connectivity index (χ0) is 22.8. The van der Waals surface area contributed by atoms with Crippen LogP contribution in [0.3, 0.4) is 0 Å². The fourth-order valence-corrected chi connectivity index (χ4v) is 4.20. The maximum absolute atomic E-state index is 12.6. The molecule has 1 aromatic carbocycles. The fourth-order valence-electron chi connectivity index (χ4n) is 4.20. The molecule has 4 atom stereocenters. The zero-order valence-electron chi connectivity index (χ0n) is 18.8. The van der Waals surface area contributed by atoms with E-state index in [1.54, 1.807) is 0 Å². The lowest BCUT2D eigenvalue weighted by Crippen LogP contribution is -2.38. The van der Waals surface area contributed by atoms with E-state index in [1.807, 2.05) is 36.4 Å². The Hall–Kier alpha value is -1.83. The maximum atomic E-state index is 12.6. The van der Waals surface area contributed by atoms with Crippen molar-refractivity contribution in [2.45, 2.75) is 82.3 Å². The summed E-state index contributed by atoms with van der Waals surface area (Å²) in [5, 5.41) is 10.4. The number of aliphatic hydroxyl groups is 1. The van der Waals surface area contributed by atoms with Crippen LogP contribution in [0.4, 0.5) is 0 Å². The second-order valence-electron chi connectivity index (χ2n) is 8.63. The molecule has 2 heterocycles. The quantitative estimate of drug-likeness (QED) is 0.462. The first-order chi connectivity index (χ1) is 15.5. The number of ketones is 1. The van der Waals surface area contributed by atoms with Crippen molar-refractivity contribution in [2.75, 3.05) is 13.2 Å². The van der Waals surface area contributed by atoms with Crippen molar-refractivity contribution in [1.82, 2.24) is 0 Å². The largest absolute Gasteiger partial charge is 0.388 e. The van der Waals surface area contributed by atoms with Crippen LogP contribution in [0.15, 0.2) is 55.1 Å². The molecule has 0 spiro atoms. The van der Waals surface area contributed by atoms with E-state index in [9.17, 15) is 9.90 Å². The molecule has 6 nitrogen and oxygen atoms in total. The molecule has 0 bridgehead atoms. The summed E-state index contributed by atoms with van der Waals surface area (Å²) in [6.07, 6.45) is 4.23. The highest BCUT2D eigenvalue weighted by atomic mass is 16.7. The van der Waals surface area contributed by atoms with Crippen LogP contribution < -0.4 is 0 Å². The molecule has 1 N–H and O–H groups in total. The van der Waals surface area contributed by atoms with Gasteiger partial charge in [0.2, 0.25) is 0 Å². The molecule has 0 unspecified atom stereocenters. The number of ether oxygens (including phenoxy) is 4. The Morgan fingerprint density at radius 2 is 1.91 bits per heavy atom. The van der Waals surface area contributed by atoms with Gasteiger partial charge in [-0.05, 0) is 24.0 Å². The lowest BCUT2D eigenvalue weighted by Gasteiger charge is -2.35. The van der Waals surface area contributed by atoms with Crippen molar-refractivity contribution in [1.29, 1.82) is 0 Å². The molecule has 6 heteroatoms. The number of aliphatic hydroxyl groups excluding tert-OH is 1. The number of carbonyl (C=O) groups excluding carboxylic acids is 1. The van der Waals surface area contributed by atoms with E-state index in [2.05, 4.69) is 13.2 Å². The third-order valence-electron chi connectivity index (χ3n) is 5.93. The van der Waals surface area contributed by atoms with Crippen LogP contribution in [0.25, 0.3) is 0 Å². The van der Waals surface area contributed by atoms with Gasteiger partial charge in [0, 0.05) is 32.1 Å². The van der Waals surface area contributed by atoms with E-state index >= 15 is 0 Å². The molecular formula is C26H36O6. The number of hydrogen-bond donors (Lipinski definition) is 1.